The van der Waals surface area contributed by atoms with Gasteiger partial charge in [0.1, 0.15) is 0 Å². The Morgan fingerprint density at radius 1 is 1.41 bits per heavy atom. The van der Waals surface area contributed by atoms with Gasteiger partial charge in [-0.15, -0.1) is 0 Å². The molecular weight excluding hydrogens is 234 g/mol. The molecule has 0 saturated heterocycles. The molecule has 0 aliphatic rings. The maximum atomic E-state index is 5.97. The molecule has 0 spiro atoms. The zero-order valence-corrected chi connectivity index (χ0v) is 10.6. The molecule has 0 radical (unpaired) electrons. The van der Waals surface area contributed by atoms with Crippen molar-refractivity contribution in [3.63, 3.8) is 0 Å². The summed E-state index contributed by atoms with van der Waals surface area (Å²) in [5.74, 6) is 0. The van der Waals surface area contributed by atoms with Crippen LogP contribution in [0.15, 0.2) is 36.8 Å². The van der Waals surface area contributed by atoms with Crippen molar-refractivity contribution >= 4 is 11.6 Å². The average Bonchev–Trinajstić information content (AvgIpc) is 2.74. The second-order valence-corrected chi connectivity index (χ2v) is 4.36. The van der Waals surface area contributed by atoms with Crippen LogP contribution in [0.4, 0.5) is 0 Å². The Hall–Kier alpha value is -1.32. The number of aromatic nitrogens is 2. The number of nitrogens with one attached hydrogen (secondary N) is 1. The first-order valence-corrected chi connectivity index (χ1v) is 6.11. The van der Waals surface area contributed by atoms with Gasteiger partial charge in [-0.25, -0.2) is 4.98 Å². The molecule has 0 amide bonds. The van der Waals surface area contributed by atoms with Crippen LogP contribution in [0.25, 0.3) is 0 Å². The van der Waals surface area contributed by atoms with Gasteiger partial charge in [0.05, 0.1) is 12.0 Å². The normalized spacial score (nSPS) is 10.7. The molecule has 1 heterocycles. The summed E-state index contributed by atoms with van der Waals surface area (Å²) >= 11 is 5.97. The second kappa shape index (κ2) is 5.84. The highest BCUT2D eigenvalue weighted by atomic mass is 35.5. The standard InChI is InChI=1S/C13H16ClN3/c1-2-15-7-13-8-16-10-17(13)9-11-4-3-5-12(14)6-11/h3-6,8,10,15H,2,7,9H2,1H3. The van der Waals surface area contributed by atoms with Gasteiger partial charge in [-0.05, 0) is 24.2 Å². The molecule has 1 aromatic heterocycles. The minimum absolute atomic E-state index is 0.774. The van der Waals surface area contributed by atoms with Crippen LogP contribution in [0.1, 0.15) is 18.2 Å². The summed E-state index contributed by atoms with van der Waals surface area (Å²) in [5, 5.41) is 4.08. The summed E-state index contributed by atoms with van der Waals surface area (Å²) < 4.78 is 2.13. The van der Waals surface area contributed by atoms with Crippen molar-refractivity contribution in [3.8, 4) is 0 Å². The van der Waals surface area contributed by atoms with Gasteiger partial charge in [-0.3, -0.25) is 0 Å². The second-order valence-electron chi connectivity index (χ2n) is 3.92. The van der Waals surface area contributed by atoms with E-state index in [1.54, 1.807) is 0 Å². The number of benzene rings is 1. The van der Waals surface area contributed by atoms with Crippen molar-refractivity contribution in [1.29, 1.82) is 0 Å². The van der Waals surface area contributed by atoms with E-state index < -0.39 is 0 Å². The number of rotatable bonds is 5. The summed E-state index contributed by atoms with van der Waals surface area (Å²) in [6.07, 6.45) is 3.75. The SMILES string of the molecule is CCNCc1cncn1Cc1cccc(Cl)c1. The third-order valence-corrected chi connectivity index (χ3v) is 2.83. The smallest absolute Gasteiger partial charge is 0.0951 e. The van der Waals surface area contributed by atoms with E-state index in [2.05, 4.69) is 27.9 Å². The molecule has 0 unspecified atom stereocenters. The lowest BCUT2D eigenvalue weighted by molar-refractivity contribution is 0.657. The van der Waals surface area contributed by atoms with E-state index in [1.165, 1.54) is 11.3 Å². The molecular formula is C13H16ClN3. The Morgan fingerprint density at radius 2 is 2.29 bits per heavy atom. The highest BCUT2D eigenvalue weighted by Gasteiger charge is 2.02. The average molecular weight is 250 g/mol. The highest BCUT2D eigenvalue weighted by molar-refractivity contribution is 6.30. The van der Waals surface area contributed by atoms with E-state index >= 15 is 0 Å². The van der Waals surface area contributed by atoms with Crippen molar-refractivity contribution in [2.75, 3.05) is 6.54 Å². The van der Waals surface area contributed by atoms with Gasteiger partial charge in [0.15, 0.2) is 0 Å². The van der Waals surface area contributed by atoms with Crippen LogP contribution in [0.2, 0.25) is 5.02 Å². The molecule has 3 nitrogen and oxygen atoms in total. The minimum atomic E-state index is 0.774. The third-order valence-electron chi connectivity index (χ3n) is 2.60. The number of hydrogen-bond acceptors (Lipinski definition) is 2. The van der Waals surface area contributed by atoms with E-state index in [-0.39, 0.29) is 0 Å². The quantitative estimate of drug-likeness (QED) is 0.883. The first-order valence-electron chi connectivity index (χ1n) is 5.73. The lowest BCUT2D eigenvalue weighted by atomic mass is 10.2. The van der Waals surface area contributed by atoms with E-state index in [1.807, 2.05) is 30.7 Å². The molecule has 0 bridgehead atoms. The van der Waals surface area contributed by atoms with Crippen LogP contribution in [0.3, 0.4) is 0 Å². The molecule has 0 saturated carbocycles. The number of imidazole rings is 1. The first kappa shape index (κ1) is 12.1. The van der Waals surface area contributed by atoms with Gasteiger partial charge in [-0.2, -0.15) is 0 Å². The number of hydrogen-bond donors (Lipinski definition) is 1. The van der Waals surface area contributed by atoms with E-state index in [9.17, 15) is 0 Å². The van der Waals surface area contributed by atoms with Gasteiger partial charge < -0.3 is 9.88 Å². The topological polar surface area (TPSA) is 29.9 Å². The fourth-order valence-corrected chi connectivity index (χ4v) is 1.94. The number of halogens is 1. The van der Waals surface area contributed by atoms with Crippen molar-refractivity contribution < 1.29 is 0 Å². The molecule has 90 valence electrons. The maximum Gasteiger partial charge on any atom is 0.0951 e. The molecule has 17 heavy (non-hydrogen) atoms. The van der Waals surface area contributed by atoms with Crippen LogP contribution >= 0.6 is 11.6 Å². The lowest BCUT2D eigenvalue weighted by Gasteiger charge is -2.08. The minimum Gasteiger partial charge on any atom is -0.329 e. The summed E-state index contributed by atoms with van der Waals surface area (Å²) in [5.41, 5.74) is 2.38. The Balaban J connectivity index is 2.10. The Morgan fingerprint density at radius 3 is 3.06 bits per heavy atom. The van der Waals surface area contributed by atoms with Crippen LogP contribution in [-0.2, 0) is 13.1 Å². The van der Waals surface area contributed by atoms with Gasteiger partial charge in [-0.1, -0.05) is 30.7 Å². The van der Waals surface area contributed by atoms with E-state index in [4.69, 9.17) is 11.6 Å². The predicted octanol–water partition coefficient (Wildman–Crippen LogP) is 2.69. The monoisotopic (exact) mass is 249 g/mol. The van der Waals surface area contributed by atoms with E-state index in [0.29, 0.717) is 0 Å². The summed E-state index contributed by atoms with van der Waals surface area (Å²) in [6, 6.07) is 7.92. The van der Waals surface area contributed by atoms with Crippen LogP contribution in [-0.4, -0.2) is 16.1 Å². The Bertz CT molecular complexity index is 479. The largest absolute Gasteiger partial charge is 0.329 e. The van der Waals surface area contributed by atoms with Gasteiger partial charge >= 0.3 is 0 Å². The van der Waals surface area contributed by atoms with E-state index in [0.717, 1.165) is 24.7 Å². The van der Waals surface area contributed by atoms with Crippen LogP contribution < -0.4 is 5.32 Å². The Labute approximate surface area is 106 Å². The van der Waals surface area contributed by atoms with Gasteiger partial charge in [0.25, 0.3) is 0 Å². The first-order chi connectivity index (χ1) is 8.29. The van der Waals surface area contributed by atoms with Crippen LogP contribution in [0.5, 0.6) is 0 Å². The van der Waals surface area contributed by atoms with Crippen molar-refractivity contribution in [2.45, 2.75) is 20.0 Å². The van der Waals surface area contributed by atoms with Gasteiger partial charge in [0, 0.05) is 24.3 Å². The maximum absolute atomic E-state index is 5.97. The highest BCUT2D eigenvalue weighted by Crippen LogP contribution is 2.12. The zero-order chi connectivity index (χ0) is 12.1. The predicted molar refractivity (Wildman–Crippen MR) is 70.2 cm³/mol. The van der Waals surface area contributed by atoms with Crippen LogP contribution in [0, 0.1) is 0 Å². The molecule has 2 aromatic rings. The summed E-state index contributed by atoms with van der Waals surface area (Å²) in [7, 11) is 0. The molecule has 2 rings (SSSR count). The fraction of sp³-hybridized carbons (Fsp3) is 0.308. The molecule has 0 aliphatic heterocycles. The molecule has 0 atom stereocenters. The molecule has 1 N–H and O–H groups in total. The fourth-order valence-electron chi connectivity index (χ4n) is 1.72. The summed E-state index contributed by atoms with van der Waals surface area (Å²) in [6.45, 7) is 4.71. The number of nitrogens with zero attached hydrogens (tertiary/aromatic N) is 2. The summed E-state index contributed by atoms with van der Waals surface area (Å²) in [4.78, 5) is 4.18. The molecule has 4 heteroatoms. The molecule has 0 fully saturated rings. The third kappa shape index (κ3) is 3.32. The lowest BCUT2D eigenvalue weighted by Crippen LogP contribution is -2.15. The van der Waals surface area contributed by atoms with Crippen molar-refractivity contribution in [1.82, 2.24) is 14.9 Å². The molecule has 0 aliphatic carbocycles. The van der Waals surface area contributed by atoms with Crippen molar-refractivity contribution in [3.05, 3.63) is 53.1 Å². The Kier molecular flexibility index (Phi) is 4.18. The van der Waals surface area contributed by atoms with Gasteiger partial charge in [0.2, 0.25) is 0 Å². The van der Waals surface area contributed by atoms with Crippen molar-refractivity contribution in [2.24, 2.45) is 0 Å². The zero-order valence-electron chi connectivity index (χ0n) is 9.86. The molecule has 1 aromatic carbocycles.